The second kappa shape index (κ2) is 6.48. The van der Waals surface area contributed by atoms with E-state index in [1.807, 2.05) is 0 Å². The molecule has 0 aliphatic rings. The average Bonchev–Trinajstić information content (AvgIpc) is 2.45. The van der Waals surface area contributed by atoms with Gasteiger partial charge in [0, 0.05) is 23.3 Å². The van der Waals surface area contributed by atoms with Crippen LogP contribution in [0.25, 0.3) is 0 Å². The zero-order valence-corrected chi connectivity index (χ0v) is 12.3. The second-order valence-electron chi connectivity index (χ2n) is 4.23. The molecule has 0 unspecified atom stereocenters. The van der Waals surface area contributed by atoms with E-state index in [2.05, 4.69) is 9.71 Å². The highest BCUT2D eigenvalue weighted by atomic mass is 35.5. The average molecular weight is 331 g/mol. The Morgan fingerprint density at radius 1 is 1.33 bits per heavy atom. The van der Waals surface area contributed by atoms with Gasteiger partial charge in [0.25, 0.3) is 0 Å². The number of aliphatic hydroxyl groups is 1. The lowest BCUT2D eigenvalue weighted by Crippen LogP contribution is -2.28. The van der Waals surface area contributed by atoms with Crippen LogP contribution in [0.5, 0.6) is 0 Å². The molecule has 1 atom stereocenters. The monoisotopic (exact) mass is 330 g/mol. The molecule has 112 valence electrons. The van der Waals surface area contributed by atoms with Crippen LogP contribution in [0.1, 0.15) is 11.7 Å². The largest absolute Gasteiger partial charge is 0.387 e. The fourth-order valence-electron chi connectivity index (χ4n) is 1.67. The number of rotatable bonds is 5. The fourth-order valence-corrected chi connectivity index (χ4v) is 2.94. The van der Waals surface area contributed by atoms with E-state index < -0.39 is 21.9 Å². The number of benzene rings is 1. The topological polar surface area (TPSA) is 79.3 Å². The van der Waals surface area contributed by atoms with Gasteiger partial charge < -0.3 is 5.11 Å². The lowest BCUT2D eigenvalue weighted by Gasteiger charge is -2.13. The van der Waals surface area contributed by atoms with Gasteiger partial charge in [-0.3, -0.25) is 4.98 Å². The molecule has 0 amide bonds. The van der Waals surface area contributed by atoms with Crippen LogP contribution in [0.2, 0.25) is 5.02 Å². The number of hydrogen-bond donors (Lipinski definition) is 2. The number of aromatic nitrogens is 1. The van der Waals surface area contributed by atoms with Crippen LogP contribution in [0.3, 0.4) is 0 Å². The van der Waals surface area contributed by atoms with Crippen LogP contribution in [0.4, 0.5) is 4.39 Å². The molecule has 0 saturated carbocycles. The van der Waals surface area contributed by atoms with E-state index in [-0.39, 0.29) is 11.4 Å². The highest BCUT2D eigenvalue weighted by Gasteiger charge is 2.18. The first kappa shape index (κ1) is 15.8. The van der Waals surface area contributed by atoms with Gasteiger partial charge in [0.1, 0.15) is 10.7 Å². The summed E-state index contributed by atoms with van der Waals surface area (Å²) in [6.45, 7) is -0.289. The van der Waals surface area contributed by atoms with Crippen LogP contribution in [0, 0.1) is 5.82 Å². The van der Waals surface area contributed by atoms with Crippen LogP contribution in [-0.2, 0) is 10.0 Å². The molecule has 2 aromatic rings. The lowest BCUT2D eigenvalue weighted by molar-refractivity contribution is 0.182. The third kappa shape index (κ3) is 3.98. The number of nitrogens with zero attached hydrogens (tertiary/aromatic N) is 1. The van der Waals surface area contributed by atoms with Gasteiger partial charge in [-0.05, 0) is 12.1 Å². The summed E-state index contributed by atoms with van der Waals surface area (Å²) in [4.78, 5) is 3.16. The van der Waals surface area contributed by atoms with Crippen LogP contribution < -0.4 is 4.72 Å². The second-order valence-corrected chi connectivity index (χ2v) is 6.40. The smallest absolute Gasteiger partial charge is 0.242 e. The maximum atomic E-state index is 13.0. The quantitative estimate of drug-likeness (QED) is 0.877. The number of halogens is 2. The molecule has 1 heterocycles. The summed E-state index contributed by atoms with van der Waals surface area (Å²) < 4.78 is 39.1. The molecule has 0 aliphatic carbocycles. The molecule has 8 heteroatoms. The van der Waals surface area contributed by atoms with E-state index in [9.17, 15) is 17.9 Å². The van der Waals surface area contributed by atoms with E-state index in [0.717, 1.165) is 18.5 Å². The first-order valence-electron chi connectivity index (χ1n) is 5.93. The van der Waals surface area contributed by atoms with Crippen molar-refractivity contribution in [3.8, 4) is 0 Å². The van der Waals surface area contributed by atoms with Crippen molar-refractivity contribution in [2.45, 2.75) is 11.0 Å². The summed E-state index contributed by atoms with van der Waals surface area (Å²) in [5.74, 6) is -0.760. The van der Waals surface area contributed by atoms with Crippen molar-refractivity contribution in [3.63, 3.8) is 0 Å². The fraction of sp³-hybridized carbons (Fsp3) is 0.154. The summed E-state index contributed by atoms with van der Waals surface area (Å²) in [5.41, 5.74) is 0.402. The minimum Gasteiger partial charge on any atom is -0.387 e. The molecule has 1 aromatic heterocycles. The van der Waals surface area contributed by atoms with Crippen molar-refractivity contribution in [1.29, 1.82) is 0 Å². The number of pyridine rings is 1. The van der Waals surface area contributed by atoms with Gasteiger partial charge in [-0.2, -0.15) is 0 Å². The van der Waals surface area contributed by atoms with Gasteiger partial charge in [-0.15, -0.1) is 0 Å². The molecule has 0 fully saturated rings. The number of sulfonamides is 1. The maximum absolute atomic E-state index is 13.0. The lowest BCUT2D eigenvalue weighted by atomic mass is 10.1. The normalized spacial score (nSPS) is 13.1. The maximum Gasteiger partial charge on any atom is 0.242 e. The SMILES string of the molecule is O=S(=O)(NC[C@H](O)c1ccccc1Cl)c1cncc(F)c1. The van der Waals surface area contributed by atoms with Crippen molar-refractivity contribution in [3.05, 3.63) is 59.1 Å². The Balaban J connectivity index is 2.10. The third-order valence-corrected chi connectivity index (χ3v) is 4.46. The zero-order chi connectivity index (χ0) is 15.5. The van der Waals surface area contributed by atoms with Gasteiger partial charge in [0.15, 0.2) is 0 Å². The van der Waals surface area contributed by atoms with Gasteiger partial charge in [-0.25, -0.2) is 17.5 Å². The van der Waals surface area contributed by atoms with Crippen molar-refractivity contribution in [2.24, 2.45) is 0 Å². The van der Waals surface area contributed by atoms with E-state index in [1.54, 1.807) is 24.3 Å². The van der Waals surface area contributed by atoms with Crippen molar-refractivity contribution in [1.82, 2.24) is 9.71 Å². The summed E-state index contributed by atoms with van der Waals surface area (Å²) in [6, 6.07) is 7.39. The molecule has 0 radical (unpaired) electrons. The Hall–Kier alpha value is -1.54. The number of hydrogen-bond acceptors (Lipinski definition) is 4. The molecule has 0 aliphatic heterocycles. The highest BCUT2D eigenvalue weighted by molar-refractivity contribution is 7.89. The van der Waals surface area contributed by atoms with Crippen LogP contribution >= 0.6 is 11.6 Å². The van der Waals surface area contributed by atoms with Gasteiger partial charge >= 0.3 is 0 Å². The van der Waals surface area contributed by atoms with E-state index >= 15 is 0 Å². The van der Waals surface area contributed by atoms with E-state index in [4.69, 9.17) is 11.6 Å². The molecular weight excluding hydrogens is 319 g/mol. The Bertz CT molecular complexity index is 740. The minimum absolute atomic E-state index is 0.289. The molecular formula is C13H12ClFN2O3S. The zero-order valence-electron chi connectivity index (χ0n) is 10.7. The molecule has 0 spiro atoms. The van der Waals surface area contributed by atoms with Gasteiger partial charge in [-0.1, -0.05) is 29.8 Å². The van der Waals surface area contributed by atoms with Crippen molar-refractivity contribution < 1.29 is 17.9 Å². The summed E-state index contributed by atoms with van der Waals surface area (Å²) in [6.07, 6.45) is 0.806. The van der Waals surface area contributed by atoms with Crippen molar-refractivity contribution in [2.75, 3.05) is 6.54 Å². The molecule has 5 nitrogen and oxygen atoms in total. The molecule has 0 bridgehead atoms. The first-order valence-corrected chi connectivity index (χ1v) is 7.79. The first-order chi connectivity index (χ1) is 9.90. The Morgan fingerprint density at radius 2 is 2.05 bits per heavy atom. The van der Waals surface area contributed by atoms with Crippen LogP contribution in [-0.4, -0.2) is 25.1 Å². The Kier molecular flexibility index (Phi) is 4.89. The number of nitrogens with one attached hydrogen (secondary N) is 1. The van der Waals surface area contributed by atoms with Crippen LogP contribution in [0.15, 0.2) is 47.6 Å². The molecule has 2 N–H and O–H groups in total. The summed E-state index contributed by atoms with van der Waals surface area (Å²) in [5, 5.41) is 10.3. The Morgan fingerprint density at radius 3 is 2.71 bits per heavy atom. The van der Waals surface area contributed by atoms with Gasteiger partial charge in [0.05, 0.1) is 12.3 Å². The van der Waals surface area contributed by atoms with E-state index in [1.165, 1.54) is 0 Å². The summed E-state index contributed by atoms with van der Waals surface area (Å²) in [7, 11) is -3.95. The predicted octanol–water partition coefficient (Wildman–Crippen LogP) is 1.89. The Labute approximate surface area is 126 Å². The van der Waals surface area contributed by atoms with E-state index in [0.29, 0.717) is 10.6 Å². The number of aliphatic hydroxyl groups excluding tert-OH is 1. The molecule has 0 saturated heterocycles. The molecule has 21 heavy (non-hydrogen) atoms. The highest BCUT2D eigenvalue weighted by Crippen LogP contribution is 2.22. The van der Waals surface area contributed by atoms with Gasteiger partial charge in [0.2, 0.25) is 10.0 Å². The summed E-state index contributed by atoms with van der Waals surface area (Å²) >= 11 is 5.91. The standard InChI is InChI=1S/C13H12ClFN2O3S/c14-12-4-2-1-3-11(12)13(18)8-17-21(19,20)10-5-9(15)6-16-7-10/h1-7,13,17-18H,8H2/t13-/m0/s1. The molecule has 2 rings (SSSR count). The predicted molar refractivity (Wildman–Crippen MR) is 75.8 cm³/mol. The van der Waals surface area contributed by atoms with Crippen molar-refractivity contribution >= 4 is 21.6 Å². The minimum atomic E-state index is -3.95. The third-order valence-electron chi connectivity index (χ3n) is 2.72. The molecule has 1 aromatic carbocycles.